The van der Waals surface area contributed by atoms with E-state index in [1.165, 1.54) is 10.4 Å². The molecule has 1 aromatic rings. The summed E-state index contributed by atoms with van der Waals surface area (Å²) in [6, 6.07) is 6.37. The monoisotopic (exact) mass is 417 g/mol. The van der Waals surface area contributed by atoms with Gasteiger partial charge in [0.15, 0.2) is 6.54 Å². The van der Waals surface area contributed by atoms with Crippen molar-refractivity contribution >= 4 is 33.4 Å². The lowest BCUT2D eigenvalue weighted by Crippen LogP contribution is -3.15. The molecular formula is C17H26ClN4O4S+. The van der Waals surface area contributed by atoms with Gasteiger partial charge in [-0.25, -0.2) is 8.42 Å². The van der Waals surface area contributed by atoms with Crippen LogP contribution in [0.3, 0.4) is 0 Å². The highest BCUT2D eigenvalue weighted by Crippen LogP contribution is 2.23. The topological polar surface area (TPSA) is 100 Å². The van der Waals surface area contributed by atoms with Gasteiger partial charge in [0, 0.05) is 6.54 Å². The van der Waals surface area contributed by atoms with Crippen molar-refractivity contribution in [3.8, 4) is 0 Å². The van der Waals surface area contributed by atoms with E-state index < -0.39 is 10.0 Å². The molecule has 1 fully saturated rings. The molecule has 0 unspecified atom stereocenters. The number of benzene rings is 1. The minimum absolute atomic E-state index is 0.0425. The maximum absolute atomic E-state index is 12.7. The van der Waals surface area contributed by atoms with Gasteiger partial charge in [0.25, 0.3) is 5.91 Å². The molecule has 1 heterocycles. The van der Waals surface area contributed by atoms with E-state index in [0.717, 1.165) is 11.3 Å². The lowest BCUT2D eigenvalue weighted by atomic mass is 10.3. The molecule has 0 aromatic heterocycles. The molecule has 3 N–H and O–H groups in total. The highest BCUT2D eigenvalue weighted by molar-refractivity contribution is 7.89. The second-order valence-electron chi connectivity index (χ2n) is 6.39. The summed E-state index contributed by atoms with van der Waals surface area (Å²) in [6.45, 7) is 4.36. The fraction of sp³-hybridized carbons (Fsp3) is 0.529. The van der Waals surface area contributed by atoms with E-state index in [2.05, 4.69) is 10.6 Å². The van der Waals surface area contributed by atoms with E-state index in [1.54, 1.807) is 18.2 Å². The number of piperazine rings is 1. The molecule has 1 saturated heterocycles. The number of carbonyl (C=O) groups excluding carboxylic acids is 2. The number of hydrogen-bond donors (Lipinski definition) is 3. The van der Waals surface area contributed by atoms with E-state index >= 15 is 0 Å². The van der Waals surface area contributed by atoms with E-state index in [9.17, 15) is 18.0 Å². The Morgan fingerprint density at radius 3 is 2.44 bits per heavy atom. The summed E-state index contributed by atoms with van der Waals surface area (Å²) < 4.78 is 26.8. The molecule has 0 radical (unpaired) electrons. The number of carbonyl (C=O) groups is 2. The Balaban J connectivity index is 1.81. The molecule has 1 aromatic carbocycles. The van der Waals surface area contributed by atoms with Crippen LogP contribution in [0.4, 0.5) is 0 Å². The summed E-state index contributed by atoms with van der Waals surface area (Å²) in [5.41, 5.74) is 0. The van der Waals surface area contributed by atoms with E-state index in [0.29, 0.717) is 32.7 Å². The van der Waals surface area contributed by atoms with Crippen molar-refractivity contribution in [3.05, 3.63) is 29.3 Å². The van der Waals surface area contributed by atoms with Crippen molar-refractivity contribution in [2.75, 3.05) is 45.8 Å². The molecular weight excluding hydrogens is 392 g/mol. The van der Waals surface area contributed by atoms with Crippen molar-refractivity contribution in [3.63, 3.8) is 0 Å². The van der Waals surface area contributed by atoms with Gasteiger partial charge in [-0.3, -0.25) is 9.59 Å². The molecule has 0 aliphatic carbocycles. The molecule has 1 aliphatic heterocycles. The summed E-state index contributed by atoms with van der Waals surface area (Å²) in [5, 5.41) is 5.48. The van der Waals surface area contributed by atoms with Crippen LogP contribution in [0.1, 0.15) is 13.3 Å². The minimum atomic E-state index is -3.64. The average Bonchev–Trinajstić information content (AvgIpc) is 2.65. The molecule has 0 atom stereocenters. The lowest BCUT2D eigenvalue weighted by molar-refractivity contribution is -0.895. The average molecular weight is 418 g/mol. The Morgan fingerprint density at radius 1 is 1.15 bits per heavy atom. The van der Waals surface area contributed by atoms with E-state index in [-0.39, 0.29) is 34.8 Å². The molecule has 0 saturated carbocycles. The van der Waals surface area contributed by atoms with Crippen LogP contribution in [0, 0.1) is 0 Å². The molecule has 1 aliphatic rings. The zero-order chi connectivity index (χ0) is 19.9. The standard InChI is InChI=1S/C17H25ClN4O4S/c1-2-7-19-16(23)12-20-17(24)13-21-8-10-22(11-9-21)27(25,26)15-6-4-3-5-14(15)18/h3-6H,2,7-13H2,1H3,(H,19,23)(H,20,24)/p+1. The summed E-state index contributed by atoms with van der Waals surface area (Å²) in [7, 11) is -3.64. The van der Waals surface area contributed by atoms with Crippen LogP contribution in [0.25, 0.3) is 0 Å². The molecule has 27 heavy (non-hydrogen) atoms. The second kappa shape index (κ2) is 10.0. The predicted molar refractivity (Wildman–Crippen MR) is 102 cm³/mol. The Bertz CT molecular complexity index is 764. The SMILES string of the molecule is CCCNC(=O)CNC(=O)C[NH+]1CCN(S(=O)(=O)c2ccccc2Cl)CC1. The largest absolute Gasteiger partial charge is 0.355 e. The number of nitrogens with one attached hydrogen (secondary N) is 3. The predicted octanol–water partition coefficient (Wildman–Crippen LogP) is -1.13. The molecule has 0 spiro atoms. The van der Waals surface area contributed by atoms with Crippen LogP contribution in [0.5, 0.6) is 0 Å². The molecule has 0 bridgehead atoms. The normalized spacial score (nSPS) is 16.1. The molecule has 2 rings (SSSR count). The Kier molecular flexibility index (Phi) is 8.03. The summed E-state index contributed by atoms with van der Waals surface area (Å²) >= 11 is 6.02. The zero-order valence-electron chi connectivity index (χ0n) is 15.3. The molecule has 8 nitrogen and oxygen atoms in total. The van der Waals surface area contributed by atoms with E-state index in [1.807, 2.05) is 6.92 Å². The first-order valence-corrected chi connectivity index (χ1v) is 10.8. The Morgan fingerprint density at radius 2 is 1.81 bits per heavy atom. The molecule has 2 amide bonds. The third kappa shape index (κ3) is 6.17. The van der Waals surface area contributed by atoms with Crippen molar-refractivity contribution in [1.29, 1.82) is 0 Å². The first-order chi connectivity index (χ1) is 12.8. The van der Waals surface area contributed by atoms with Crippen LogP contribution in [-0.4, -0.2) is 70.4 Å². The van der Waals surface area contributed by atoms with Crippen LogP contribution in [0.2, 0.25) is 5.02 Å². The maximum Gasteiger partial charge on any atom is 0.275 e. The van der Waals surface area contributed by atoms with Gasteiger partial charge in [0.2, 0.25) is 15.9 Å². The summed E-state index contributed by atoms with van der Waals surface area (Å²) in [4.78, 5) is 24.6. The van der Waals surface area contributed by atoms with Gasteiger partial charge >= 0.3 is 0 Å². The number of nitrogens with zero attached hydrogens (tertiary/aromatic N) is 1. The van der Waals surface area contributed by atoms with Crippen LogP contribution >= 0.6 is 11.6 Å². The number of rotatable bonds is 8. The lowest BCUT2D eigenvalue weighted by Gasteiger charge is -2.31. The summed E-state index contributed by atoms with van der Waals surface area (Å²) in [6.07, 6.45) is 0.839. The highest BCUT2D eigenvalue weighted by Gasteiger charge is 2.32. The van der Waals surface area contributed by atoms with Crippen molar-refractivity contribution < 1.29 is 22.9 Å². The van der Waals surface area contributed by atoms with Gasteiger partial charge in [-0.1, -0.05) is 30.7 Å². The highest BCUT2D eigenvalue weighted by atomic mass is 35.5. The third-order valence-electron chi connectivity index (χ3n) is 4.31. The van der Waals surface area contributed by atoms with Gasteiger partial charge in [-0.05, 0) is 18.6 Å². The Hall–Kier alpha value is -1.68. The van der Waals surface area contributed by atoms with Crippen LogP contribution < -0.4 is 15.5 Å². The quantitative estimate of drug-likeness (QED) is 0.498. The number of halogens is 1. The minimum Gasteiger partial charge on any atom is -0.355 e. The van der Waals surface area contributed by atoms with Crippen molar-refractivity contribution in [1.82, 2.24) is 14.9 Å². The van der Waals surface area contributed by atoms with Gasteiger partial charge < -0.3 is 15.5 Å². The number of hydrogen-bond acceptors (Lipinski definition) is 4. The second-order valence-corrected chi connectivity index (χ2v) is 8.70. The van der Waals surface area contributed by atoms with Gasteiger partial charge in [-0.2, -0.15) is 4.31 Å². The maximum atomic E-state index is 12.7. The van der Waals surface area contributed by atoms with Gasteiger partial charge in [0.1, 0.15) is 4.90 Å². The number of sulfonamides is 1. The first-order valence-electron chi connectivity index (χ1n) is 8.96. The van der Waals surface area contributed by atoms with Crippen molar-refractivity contribution in [2.24, 2.45) is 0 Å². The summed E-state index contributed by atoms with van der Waals surface area (Å²) in [5.74, 6) is -0.435. The molecule has 150 valence electrons. The molecule has 10 heteroatoms. The Labute approximate surface area is 164 Å². The first kappa shape index (κ1) is 21.6. The smallest absolute Gasteiger partial charge is 0.275 e. The van der Waals surface area contributed by atoms with Gasteiger partial charge in [0.05, 0.1) is 37.7 Å². The zero-order valence-corrected chi connectivity index (χ0v) is 16.9. The van der Waals surface area contributed by atoms with Gasteiger partial charge in [-0.15, -0.1) is 0 Å². The van der Waals surface area contributed by atoms with Crippen LogP contribution in [0.15, 0.2) is 29.2 Å². The third-order valence-corrected chi connectivity index (χ3v) is 6.71. The fourth-order valence-corrected chi connectivity index (χ4v) is 4.74. The van der Waals surface area contributed by atoms with E-state index in [4.69, 9.17) is 11.6 Å². The number of amides is 2. The van der Waals surface area contributed by atoms with Crippen molar-refractivity contribution in [2.45, 2.75) is 18.2 Å². The van der Waals surface area contributed by atoms with Crippen LogP contribution in [-0.2, 0) is 19.6 Å². The number of quaternary nitrogens is 1. The fourth-order valence-electron chi connectivity index (χ4n) is 2.81.